The summed E-state index contributed by atoms with van der Waals surface area (Å²) in [5.41, 5.74) is 0.987. The highest BCUT2D eigenvalue weighted by atomic mass is 19.1. The summed E-state index contributed by atoms with van der Waals surface area (Å²) in [5, 5.41) is 18.4. The van der Waals surface area contributed by atoms with Gasteiger partial charge < -0.3 is 40.3 Å². The number of amides is 5. The molecule has 1 heterocycles. The van der Waals surface area contributed by atoms with Crippen LogP contribution in [-0.4, -0.2) is 90.5 Å². The smallest absolute Gasteiger partial charge is 0.323 e. The summed E-state index contributed by atoms with van der Waals surface area (Å²) in [4.78, 5) is 42.8. The van der Waals surface area contributed by atoms with Crippen LogP contribution in [0.3, 0.4) is 0 Å². The summed E-state index contributed by atoms with van der Waals surface area (Å²) in [6.45, 7) is 10.2. The molecule has 2 aromatic rings. The SMILES string of the molecule is CC(C)NC(=O)N(C)C[C@H]1OCCCC[C@@H](C)Oc2ccc(NC(=O)Nc3ccc(F)cc3)cc2C(=O)N([C@@H](C)CO)C[C@H]1C. The molecular formula is C33H48FN5O6. The number of hydrogen-bond donors (Lipinski definition) is 4. The fourth-order valence-electron chi connectivity index (χ4n) is 5.00. The standard InChI is InChI=1S/C33H48FN5O6/c1-21(2)35-33(43)38(6)19-30-22(3)18-39(23(4)20-40)31(41)28-17-27(37-32(42)36-26-12-10-25(34)11-13-26)14-15-29(28)45-24(5)9-7-8-16-44-30/h10-15,17,21-24,30,40H,7-9,16,18-20H2,1-6H3,(H,35,43)(H2,36,37,42)/t22-,23+,24-,30-/m1/s1. The van der Waals surface area contributed by atoms with Gasteiger partial charge >= 0.3 is 12.1 Å². The van der Waals surface area contributed by atoms with Gasteiger partial charge in [-0.15, -0.1) is 0 Å². The lowest BCUT2D eigenvalue weighted by Crippen LogP contribution is -2.49. The number of benzene rings is 2. The normalized spacial score (nSPS) is 20.3. The number of fused-ring (bicyclic) bond motifs is 1. The van der Waals surface area contributed by atoms with Crippen molar-refractivity contribution in [2.75, 3.05) is 44.0 Å². The lowest BCUT2D eigenvalue weighted by atomic mass is 10.0. The Hall–Kier alpha value is -3.90. The zero-order chi connectivity index (χ0) is 33.1. The van der Waals surface area contributed by atoms with Gasteiger partial charge in [0.05, 0.1) is 30.4 Å². The van der Waals surface area contributed by atoms with Crippen molar-refractivity contribution in [2.24, 2.45) is 5.92 Å². The molecule has 248 valence electrons. The van der Waals surface area contributed by atoms with E-state index in [0.29, 0.717) is 30.3 Å². The number of nitrogens with one attached hydrogen (secondary N) is 3. The Balaban J connectivity index is 1.91. The van der Waals surface area contributed by atoms with Crippen molar-refractivity contribution < 1.29 is 33.4 Å². The molecule has 0 unspecified atom stereocenters. The average molecular weight is 630 g/mol. The van der Waals surface area contributed by atoms with Crippen LogP contribution in [0.1, 0.15) is 64.2 Å². The highest BCUT2D eigenvalue weighted by Gasteiger charge is 2.31. The molecular weight excluding hydrogens is 581 g/mol. The summed E-state index contributed by atoms with van der Waals surface area (Å²) < 4.78 is 25.8. The zero-order valence-corrected chi connectivity index (χ0v) is 27.1. The van der Waals surface area contributed by atoms with Gasteiger partial charge in [-0.05, 0) is 89.4 Å². The number of nitrogens with zero attached hydrogens (tertiary/aromatic N) is 2. The highest BCUT2D eigenvalue weighted by Crippen LogP contribution is 2.28. The predicted molar refractivity (Wildman–Crippen MR) is 172 cm³/mol. The van der Waals surface area contributed by atoms with Crippen molar-refractivity contribution in [3.63, 3.8) is 0 Å². The first-order valence-corrected chi connectivity index (χ1v) is 15.6. The Morgan fingerprint density at radius 3 is 2.40 bits per heavy atom. The molecule has 12 heteroatoms. The number of halogens is 1. The molecule has 4 atom stereocenters. The first kappa shape index (κ1) is 35.6. The Labute approximate surface area is 265 Å². The number of rotatable bonds is 7. The molecule has 0 fully saturated rings. The van der Waals surface area contributed by atoms with E-state index in [1.165, 1.54) is 24.3 Å². The maximum absolute atomic E-state index is 14.2. The number of aliphatic hydroxyl groups is 1. The minimum Gasteiger partial charge on any atom is -0.490 e. The Bertz CT molecular complexity index is 1280. The van der Waals surface area contributed by atoms with E-state index in [1.807, 2.05) is 27.7 Å². The number of urea groups is 2. The molecule has 0 spiro atoms. The predicted octanol–water partition coefficient (Wildman–Crippen LogP) is 5.32. The van der Waals surface area contributed by atoms with Gasteiger partial charge in [-0.25, -0.2) is 14.0 Å². The van der Waals surface area contributed by atoms with E-state index in [4.69, 9.17) is 9.47 Å². The van der Waals surface area contributed by atoms with Gasteiger partial charge in [0, 0.05) is 50.1 Å². The lowest BCUT2D eigenvalue weighted by Gasteiger charge is -2.36. The summed E-state index contributed by atoms with van der Waals surface area (Å²) >= 11 is 0. The Morgan fingerprint density at radius 2 is 1.73 bits per heavy atom. The molecule has 45 heavy (non-hydrogen) atoms. The summed E-state index contributed by atoms with van der Waals surface area (Å²) in [6.07, 6.45) is 1.79. The number of anilines is 2. The molecule has 1 aliphatic rings. The van der Waals surface area contributed by atoms with Crippen LogP contribution in [0.15, 0.2) is 42.5 Å². The number of hydrogen-bond acceptors (Lipinski definition) is 6. The van der Waals surface area contributed by atoms with Crippen LogP contribution >= 0.6 is 0 Å². The molecule has 0 bridgehead atoms. The van der Waals surface area contributed by atoms with Crippen LogP contribution in [-0.2, 0) is 4.74 Å². The molecule has 2 aromatic carbocycles. The van der Waals surface area contributed by atoms with E-state index in [0.717, 1.165) is 19.3 Å². The summed E-state index contributed by atoms with van der Waals surface area (Å²) in [5.74, 6) is -0.631. The maximum atomic E-state index is 14.2. The van der Waals surface area contributed by atoms with E-state index in [2.05, 4.69) is 16.0 Å². The van der Waals surface area contributed by atoms with Crippen molar-refractivity contribution in [1.82, 2.24) is 15.1 Å². The molecule has 3 rings (SSSR count). The second-order valence-electron chi connectivity index (χ2n) is 12.1. The van der Waals surface area contributed by atoms with Crippen molar-refractivity contribution in [2.45, 2.75) is 78.2 Å². The molecule has 1 aliphatic heterocycles. The number of ether oxygens (including phenoxy) is 2. The highest BCUT2D eigenvalue weighted by molar-refractivity contribution is 6.02. The van der Waals surface area contributed by atoms with Crippen molar-refractivity contribution in [1.29, 1.82) is 0 Å². The van der Waals surface area contributed by atoms with Crippen LogP contribution < -0.4 is 20.7 Å². The van der Waals surface area contributed by atoms with Gasteiger partial charge in [-0.1, -0.05) is 6.92 Å². The third-order valence-corrected chi connectivity index (χ3v) is 7.62. The van der Waals surface area contributed by atoms with Crippen molar-refractivity contribution in [3.8, 4) is 5.75 Å². The molecule has 5 amide bonds. The average Bonchev–Trinajstić information content (AvgIpc) is 2.99. The number of carbonyl (C=O) groups excluding carboxylic acids is 3. The van der Waals surface area contributed by atoms with E-state index in [9.17, 15) is 23.9 Å². The van der Waals surface area contributed by atoms with Crippen LogP contribution in [0.4, 0.5) is 25.4 Å². The van der Waals surface area contributed by atoms with E-state index >= 15 is 0 Å². The molecule has 0 saturated carbocycles. The molecule has 11 nitrogen and oxygen atoms in total. The summed E-state index contributed by atoms with van der Waals surface area (Å²) in [7, 11) is 1.72. The van der Waals surface area contributed by atoms with Gasteiger partial charge in [0.1, 0.15) is 11.6 Å². The number of likely N-dealkylation sites (N-methyl/N-ethyl adjacent to an activating group) is 1. The molecule has 0 radical (unpaired) electrons. The zero-order valence-electron chi connectivity index (χ0n) is 27.1. The van der Waals surface area contributed by atoms with Crippen LogP contribution in [0, 0.1) is 11.7 Å². The van der Waals surface area contributed by atoms with Crippen molar-refractivity contribution in [3.05, 3.63) is 53.8 Å². The fraction of sp³-hybridized carbons (Fsp3) is 0.545. The molecule has 0 aliphatic carbocycles. The second kappa shape index (κ2) is 17.0. The first-order valence-electron chi connectivity index (χ1n) is 15.6. The molecule has 0 aromatic heterocycles. The van der Waals surface area contributed by atoms with E-state index < -0.39 is 17.9 Å². The second-order valence-corrected chi connectivity index (χ2v) is 12.1. The van der Waals surface area contributed by atoms with Gasteiger partial charge in [-0.2, -0.15) is 0 Å². The van der Waals surface area contributed by atoms with Gasteiger partial charge in [0.25, 0.3) is 5.91 Å². The largest absolute Gasteiger partial charge is 0.490 e. The van der Waals surface area contributed by atoms with E-state index in [1.54, 1.807) is 42.0 Å². The monoisotopic (exact) mass is 629 g/mol. The van der Waals surface area contributed by atoms with Crippen LogP contribution in [0.5, 0.6) is 5.75 Å². The van der Waals surface area contributed by atoms with Gasteiger partial charge in [0.15, 0.2) is 0 Å². The lowest BCUT2D eigenvalue weighted by molar-refractivity contribution is -0.0122. The quantitative estimate of drug-likeness (QED) is 0.328. The minimum atomic E-state index is -0.566. The molecule has 0 saturated heterocycles. The molecule has 4 N–H and O–H groups in total. The third-order valence-electron chi connectivity index (χ3n) is 7.62. The third kappa shape index (κ3) is 10.9. The topological polar surface area (TPSA) is 132 Å². The first-order chi connectivity index (χ1) is 21.4. The van der Waals surface area contributed by atoms with Crippen LogP contribution in [0.25, 0.3) is 0 Å². The van der Waals surface area contributed by atoms with Gasteiger partial charge in [-0.3, -0.25) is 4.79 Å². The number of aliphatic hydroxyl groups excluding tert-OH is 1. The van der Waals surface area contributed by atoms with Gasteiger partial charge in [0.2, 0.25) is 0 Å². The number of carbonyl (C=O) groups is 3. The maximum Gasteiger partial charge on any atom is 0.323 e. The Kier molecular flexibility index (Phi) is 13.4. The van der Waals surface area contributed by atoms with E-state index in [-0.39, 0.29) is 54.8 Å². The Morgan fingerprint density at radius 1 is 1.07 bits per heavy atom. The van der Waals surface area contributed by atoms with Crippen LogP contribution in [0.2, 0.25) is 0 Å². The minimum absolute atomic E-state index is 0.0153. The fourth-order valence-corrected chi connectivity index (χ4v) is 5.00. The van der Waals surface area contributed by atoms with Crippen molar-refractivity contribution >= 4 is 29.3 Å². The summed E-state index contributed by atoms with van der Waals surface area (Å²) in [6, 6.07) is 8.89.